The van der Waals surface area contributed by atoms with Crippen molar-refractivity contribution in [2.45, 2.75) is 45.6 Å². The molecule has 0 radical (unpaired) electrons. The van der Waals surface area contributed by atoms with Crippen LogP contribution in [0.3, 0.4) is 0 Å². The third-order valence-electron chi connectivity index (χ3n) is 2.58. The maximum atomic E-state index is 11.4. The van der Waals surface area contributed by atoms with Crippen LogP contribution in [0.1, 0.15) is 40.0 Å². The number of hydrogen-bond donors (Lipinski definition) is 3. The van der Waals surface area contributed by atoms with Gasteiger partial charge in [0.25, 0.3) is 0 Å². The molecule has 19 heavy (non-hydrogen) atoms. The van der Waals surface area contributed by atoms with Crippen molar-refractivity contribution >= 4 is 11.8 Å². The van der Waals surface area contributed by atoms with Gasteiger partial charge in [-0.1, -0.05) is 0 Å². The summed E-state index contributed by atoms with van der Waals surface area (Å²) in [6.45, 7) is 7.06. The van der Waals surface area contributed by atoms with Crippen molar-refractivity contribution in [3.63, 3.8) is 0 Å². The van der Waals surface area contributed by atoms with Crippen LogP contribution in [0.2, 0.25) is 0 Å². The first-order valence-corrected chi connectivity index (χ1v) is 6.69. The first-order valence-electron chi connectivity index (χ1n) is 6.69. The van der Waals surface area contributed by atoms with Gasteiger partial charge in [-0.3, -0.25) is 9.59 Å². The lowest BCUT2D eigenvalue weighted by molar-refractivity contribution is -0.126. The van der Waals surface area contributed by atoms with Crippen LogP contribution in [0.4, 0.5) is 0 Å². The number of rotatable bonds is 10. The molecule has 0 aromatic carbocycles. The number of ether oxygens (including phenoxy) is 1. The van der Waals surface area contributed by atoms with Gasteiger partial charge >= 0.3 is 0 Å². The van der Waals surface area contributed by atoms with Crippen molar-refractivity contribution in [1.82, 2.24) is 10.6 Å². The highest BCUT2D eigenvalue weighted by Gasteiger charge is 2.17. The summed E-state index contributed by atoms with van der Waals surface area (Å²) >= 11 is 0. The van der Waals surface area contributed by atoms with E-state index in [1.807, 2.05) is 20.8 Å². The van der Waals surface area contributed by atoms with Crippen LogP contribution < -0.4 is 10.6 Å². The van der Waals surface area contributed by atoms with Crippen LogP contribution in [-0.4, -0.2) is 48.8 Å². The van der Waals surface area contributed by atoms with Gasteiger partial charge in [-0.15, -0.1) is 0 Å². The van der Waals surface area contributed by atoms with Crippen molar-refractivity contribution < 1.29 is 19.4 Å². The van der Waals surface area contributed by atoms with Gasteiger partial charge in [-0.2, -0.15) is 0 Å². The summed E-state index contributed by atoms with van der Waals surface area (Å²) in [6.07, 6.45) is 0.945. The summed E-state index contributed by atoms with van der Waals surface area (Å²) < 4.78 is 5.53. The smallest absolute Gasteiger partial charge is 0.220 e. The molecule has 6 heteroatoms. The Balaban J connectivity index is 3.61. The van der Waals surface area contributed by atoms with Gasteiger partial charge in [0.1, 0.15) is 0 Å². The van der Waals surface area contributed by atoms with Gasteiger partial charge < -0.3 is 20.5 Å². The summed E-state index contributed by atoms with van der Waals surface area (Å²) in [5, 5.41) is 14.1. The van der Waals surface area contributed by atoms with Gasteiger partial charge in [0, 0.05) is 32.5 Å². The molecule has 0 aliphatic heterocycles. The quantitative estimate of drug-likeness (QED) is 0.496. The normalized spacial score (nSPS) is 11.2. The van der Waals surface area contributed by atoms with Crippen LogP contribution >= 0.6 is 0 Å². The van der Waals surface area contributed by atoms with E-state index < -0.39 is 0 Å². The molecule has 2 amide bonds. The number of aliphatic hydroxyl groups is 1. The molecule has 0 saturated heterocycles. The Morgan fingerprint density at radius 3 is 2.26 bits per heavy atom. The zero-order valence-electron chi connectivity index (χ0n) is 12.1. The second kappa shape index (κ2) is 9.75. The van der Waals surface area contributed by atoms with Crippen LogP contribution in [0, 0.1) is 0 Å². The summed E-state index contributed by atoms with van der Waals surface area (Å²) in [6, 6.07) is 0. The highest BCUT2D eigenvalue weighted by Crippen LogP contribution is 2.12. The Kier molecular flexibility index (Phi) is 9.16. The first kappa shape index (κ1) is 17.9. The summed E-state index contributed by atoms with van der Waals surface area (Å²) in [4.78, 5) is 22.6. The highest BCUT2D eigenvalue weighted by molar-refractivity contribution is 5.83. The molecule has 0 atom stereocenters. The lowest BCUT2D eigenvalue weighted by Gasteiger charge is -2.24. The standard InChI is InChI=1S/C13H26N2O4/c1-4-14-11(17)5-6-12(18)15-8-10-19-13(2,3)7-9-16/h16H,4-10H2,1-3H3,(H,14,17)(H,15,18). The second-order valence-electron chi connectivity index (χ2n) is 4.89. The van der Waals surface area contributed by atoms with Crippen molar-refractivity contribution in [3.05, 3.63) is 0 Å². The molecule has 0 saturated carbocycles. The molecule has 0 aliphatic carbocycles. The van der Waals surface area contributed by atoms with E-state index in [0.29, 0.717) is 26.1 Å². The molecular weight excluding hydrogens is 248 g/mol. The van der Waals surface area contributed by atoms with Crippen LogP contribution in [0.15, 0.2) is 0 Å². The van der Waals surface area contributed by atoms with Gasteiger partial charge in [0.05, 0.1) is 12.2 Å². The van der Waals surface area contributed by atoms with Crippen molar-refractivity contribution in [2.75, 3.05) is 26.3 Å². The average molecular weight is 274 g/mol. The molecule has 0 fully saturated rings. The van der Waals surface area contributed by atoms with E-state index in [2.05, 4.69) is 10.6 Å². The first-order chi connectivity index (χ1) is 8.91. The number of aliphatic hydroxyl groups excluding tert-OH is 1. The lowest BCUT2D eigenvalue weighted by atomic mass is 10.1. The number of carbonyl (C=O) groups excluding carboxylic acids is 2. The number of hydrogen-bond acceptors (Lipinski definition) is 4. The second-order valence-corrected chi connectivity index (χ2v) is 4.89. The zero-order valence-corrected chi connectivity index (χ0v) is 12.1. The summed E-state index contributed by atoms with van der Waals surface area (Å²) in [7, 11) is 0. The largest absolute Gasteiger partial charge is 0.396 e. The molecule has 0 spiro atoms. The van der Waals surface area contributed by atoms with Gasteiger partial charge in [0.2, 0.25) is 11.8 Å². The molecule has 3 N–H and O–H groups in total. The van der Waals surface area contributed by atoms with E-state index in [1.54, 1.807) is 0 Å². The topological polar surface area (TPSA) is 87.7 Å². The third kappa shape index (κ3) is 10.5. The van der Waals surface area contributed by atoms with Crippen molar-refractivity contribution in [3.8, 4) is 0 Å². The monoisotopic (exact) mass is 274 g/mol. The molecule has 0 aromatic rings. The predicted molar refractivity (Wildman–Crippen MR) is 72.7 cm³/mol. The summed E-state index contributed by atoms with van der Waals surface area (Å²) in [5.74, 6) is -0.271. The van der Waals surface area contributed by atoms with Crippen LogP contribution in [-0.2, 0) is 14.3 Å². The number of amides is 2. The molecule has 0 heterocycles. The molecular formula is C13H26N2O4. The molecule has 0 aromatic heterocycles. The van der Waals surface area contributed by atoms with E-state index in [9.17, 15) is 9.59 Å². The van der Waals surface area contributed by atoms with E-state index >= 15 is 0 Å². The third-order valence-corrected chi connectivity index (χ3v) is 2.58. The maximum Gasteiger partial charge on any atom is 0.220 e. The fraction of sp³-hybridized carbons (Fsp3) is 0.846. The van der Waals surface area contributed by atoms with Crippen LogP contribution in [0.25, 0.3) is 0 Å². The van der Waals surface area contributed by atoms with Gasteiger partial charge in [-0.25, -0.2) is 0 Å². The molecule has 112 valence electrons. The number of carbonyl (C=O) groups is 2. The van der Waals surface area contributed by atoms with Crippen molar-refractivity contribution in [2.24, 2.45) is 0 Å². The molecule has 6 nitrogen and oxygen atoms in total. The fourth-order valence-corrected chi connectivity index (χ4v) is 1.46. The maximum absolute atomic E-state index is 11.4. The van der Waals surface area contributed by atoms with E-state index in [4.69, 9.17) is 9.84 Å². The number of nitrogens with one attached hydrogen (secondary N) is 2. The molecule has 0 unspecified atom stereocenters. The van der Waals surface area contributed by atoms with E-state index in [-0.39, 0.29) is 36.9 Å². The van der Waals surface area contributed by atoms with Crippen molar-refractivity contribution in [1.29, 1.82) is 0 Å². The van der Waals surface area contributed by atoms with Gasteiger partial charge in [-0.05, 0) is 27.2 Å². The highest BCUT2D eigenvalue weighted by atomic mass is 16.5. The predicted octanol–water partition coefficient (Wildman–Crippen LogP) is 0.197. The molecule has 0 rings (SSSR count). The Morgan fingerprint density at radius 1 is 1.16 bits per heavy atom. The average Bonchev–Trinajstić information content (AvgIpc) is 2.32. The van der Waals surface area contributed by atoms with Crippen LogP contribution in [0.5, 0.6) is 0 Å². The SMILES string of the molecule is CCNC(=O)CCC(=O)NCCOC(C)(C)CCO. The molecule has 0 aliphatic rings. The zero-order chi connectivity index (χ0) is 14.7. The van der Waals surface area contributed by atoms with Gasteiger partial charge in [0.15, 0.2) is 0 Å². The Bertz CT molecular complexity index is 280. The Hall–Kier alpha value is -1.14. The fourth-order valence-electron chi connectivity index (χ4n) is 1.46. The minimum absolute atomic E-state index is 0.0753. The van der Waals surface area contributed by atoms with E-state index in [0.717, 1.165) is 0 Å². The Morgan fingerprint density at radius 2 is 1.74 bits per heavy atom. The minimum Gasteiger partial charge on any atom is -0.396 e. The summed E-state index contributed by atoms with van der Waals surface area (Å²) in [5.41, 5.74) is -0.388. The molecule has 0 bridgehead atoms. The lowest BCUT2D eigenvalue weighted by Crippen LogP contribution is -2.33. The minimum atomic E-state index is -0.388. The van der Waals surface area contributed by atoms with E-state index in [1.165, 1.54) is 0 Å². The Labute approximate surface area is 114 Å².